The van der Waals surface area contributed by atoms with Crippen LogP contribution in [0, 0.1) is 0 Å². The summed E-state index contributed by atoms with van der Waals surface area (Å²) in [5, 5.41) is 25.5. The maximum atomic E-state index is 8.48. The Morgan fingerprint density at radius 1 is 0.692 bits per heavy atom. The zero-order valence-corrected chi connectivity index (χ0v) is 9.62. The van der Waals surface area contributed by atoms with Crippen LogP contribution >= 0.6 is 0 Å². The molecule has 0 radical (unpaired) electrons. The largest absolute Gasteiger partial charge is 0.412 e. The maximum Gasteiger partial charge on any atom is 0.0558 e. The Labute approximate surface area is 92.1 Å². The van der Waals surface area contributed by atoms with Crippen LogP contribution in [-0.4, -0.2) is 70.6 Å². The molecule has 0 fully saturated rings. The normalized spacial score (nSPS) is 8.31. The number of aliphatic hydroxyl groups excluding tert-OH is 3. The number of hydrogen-bond donors (Lipinski definition) is 3. The topological polar surface area (TPSA) is 127 Å². The molecule has 0 amide bonds. The van der Waals surface area contributed by atoms with E-state index in [1.165, 1.54) is 0 Å². The predicted molar refractivity (Wildman–Crippen MR) is 44.9 cm³/mol. The number of rotatable bonds is 6. The molecular formula is C6H19NO5Pt. The molecule has 13 heavy (non-hydrogen) atoms. The molecule has 0 aromatic carbocycles. The Bertz CT molecular complexity index is 63.8. The third-order valence-electron chi connectivity index (χ3n) is 1.25. The molecule has 0 bridgehead atoms. The summed E-state index contributed by atoms with van der Waals surface area (Å²) in [5.41, 5.74) is 0. The Kier molecular flexibility index (Phi) is 32.8. The van der Waals surface area contributed by atoms with Crippen LogP contribution in [0.1, 0.15) is 0 Å². The van der Waals surface area contributed by atoms with E-state index in [0.717, 1.165) is 0 Å². The van der Waals surface area contributed by atoms with Crippen molar-refractivity contribution in [1.82, 2.24) is 4.90 Å². The van der Waals surface area contributed by atoms with Crippen molar-refractivity contribution in [3.8, 4) is 0 Å². The molecule has 0 saturated heterocycles. The molecular weight excluding hydrogens is 361 g/mol. The van der Waals surface area contributed by atoms with Crippen LogP contribution in [0.3, 0.4) is 0 Å². The van der Waals surface area contributed by atoms with E-state index in [-0.39, 0.29) is 51.8 Å². The molecule has 0 spiro atoms. The molecule has 0 rings (SSSR count). The van der Waals surface area contributed by atoms with Crippen molar-refractivity contribution in [2.24, 2.45) is 0 Å². The van der Waals surface area contributed by atoms with Gasteiger partial charge in [-0.2, -0.15) is 0 Å². The molecule has 0 heterocycles. The van der Waals surface area contributed by atoms with E-state index < -0.39 is 0 Å². The molecule has 0 aliphatic carbocycles. The fourth-order valence-electron chi connectivity index (χ4n) is 0.760. The quantitative estimate of drug-likeness (QED) is 0.444. The van der Waals surface area contributed by atoms with Gasteiger partial charge in [0, 0.05) is 40.7 Å². The first-order chi connectivity index (χ1) is 4.85. The smallest absolute Gasteiger partial charge is 0.0558 e. The van der Waals surface area contributed by atoms with Gasteiger partial charge in [0.1, 0.15) is 0 Å². The molecule has 7 heteroatoms. The van der Waals surface area contributed by atoms with E-state index in [4.69, 9.17) is 15.3 Å². The van der Waals surface area contributed by atoms with Gasteiger partial charge in [0.15, 0.2) is 0 Å². The molecule has 0 saturated carbocycles. The van der Waals surface area contributed by atoms with E-state index in [1.54, 1.807) is 4.90 Å². The summed E-state index contributed by atoms with van der Waals surface area (Å²) in [6.07, 6.45) is 0. The minimum atomic E-state index is 0. The van der Waals surface area contributed by atoms with Crippen molar-refractivity contribution in [3.63, 3.8) is 0 Å². The van der Waals surface area contributed by atoms with E-state index >= 15 is 0 Å². The van der Waals surface area contributed by atoms with Crippen molar-refractivity contribution >= 4 is 0 Å². The molecule has 0 atom stereocenters. The first kappa shape index (κ1) is 23.3. The number of aliphatic hydroxyl groups is 3. The van der Waals surface area contributed by atoms with Crippen molar-refractivity contribution < 1.29 is 47.3 Å². The van der Waals surface area contributed by atoms with Crippen LogP contribution in [0.25, 0.3) is 0 Å². The standard InChI is InChI=1S/C6H15NO3.2H2O.Pt/c8-4-1-7(2-5-9)3-6-10;;;/h8-10H,1-6H2;2*1H2;. The van der Waals surface area contributed by atoms with Crippen molar-refractivity contribution in [2.75, 3.05) is 39.5 Å². The SMILES string of the molecule is O.O.OCCN(CCO)CCO.[Pt]. The molecule has 0 unspecified atom stereocenters. The molecule has 6 nitrogen and oxygen atoms in total. The summed E-state index contributed by atoms with van der Waals surface area (Å²) in [6.45, 7) is 1.75. The summed E-state index contributed by atoms with van der Waals surface area (Å²) >= 11 is 0. The molecule has 88 valence electrons. The minimum absolute atomic E-state index is 0. The van der Waals surface area contributed by atoms with Crippen molar-refractivity contribution in [1.29, 1.82) is 0 Å². The fourth-order valence-corrected chi connectivity index (χ4v) is 0.760. The second-order valence-corrected chi connectivity index (χ2v) is 2.01. The maximum absolute atomic E-state index is 8.48. The average Bonchev–Trinajstić information content (AvgIpc) is 1.90. The van der Waals surface area contributed by atoms with Crippen LogP contribution < -0.4 is 0 Å². The first-order valence-corrected chi connectivity index (χ1v) is 3.40. The van der Waals surface area contributed by atoms with Crippen LogP contribution in [0.4, 0.5) is 0 Å². The van der Waals surface area contributed by atoms with Crippen LogP contribution in [0.2, 0.25) is 0 Å². The summed E-state index contributed by atoms with van der Waals surface area (Å²) < 4.78 is 0. The molecule has 0 aromatic heterocycles. The number of nitrogens with zero attached hydrogens (tertiary/aromatic N) is 1. The van der Waals surface area contributed by atoms with Crippen LogP contribution in [-0.2, 0) is 21.1 Å². The molecule has 0 aromatic rings. The van der Waals surface area contributed by atoms with Gasteiger partial charge in [-0.3, -0.25) is 4.90 Å². The van der Waals surface area contributed by atoms with Gasteiger partial charge in [-0.25, -0.2) is 0 Å². The number of hydrogen-bond acceptors (Lipinski definition) is 4. The van der Waals surface area contributed by atoms with Gasteiger partial charge in [0.2, 0.25) is 0 Å². The van der Waals surface area contributed by atoms with Gasteiger partial charge >= 0.3 is 0 Å². The van der Waals surface area contributed by atoms with E-state index in [2.05, 4.69) is 0 Å². The van der Waals surface area contributed by atoms with E-state index in [1.807, 2.05) is 0 Å². The Morgan fingerprint density at radius 2 is 0.923 bits per heavy atom. The Balaban J connectivity index is -0.000000135. The van der Waals surface area contributed by atoms with Gasteiger partial charge in [-0.15, -0.1) is 0 Å². The summed E-state index contributed by atoms with van der Waals surface area (Å²) in [5.74, 6) is 0. The average molecular weight is 380 g/mol. The minimum Gasteiger partial charge on any atom is -0.412 e. The van der Waals surface area contributed by atoms with Crippen molar-refractivity contribution in [3.05, 3.63) is 0 Å². The third kappa shape index (κ3) is 15.2. The van der Waals surface area contributed by atoms with Gasteiger partial charge in [-0.1, -0.05) is 0 Å². The van der Waals surface area contributed by atoms with Gasteiger partial charge in [-0.05, 0) is 0 Å². The summed E-state index contributed by atoms with van der Waals surface area (Å²) in [7, 11) is 0. The zero-order valence-electron chi connectivity index (χ0n) is 7.35. The fraction of sp³-hybridized carbons (Fsp3) is 1.00. The van der Waals surface area contributed by atoms with E-state index in [0.29, 0.717) is 19.6 Å². The van der Waals surface area contributed by atoms with Crippen molar-refractivity contribution in [2.45, 2.75) is 0 Å². The van der Waals surface area contributed by atoms with Gasteiger partial charge in [0.25, 0.3) is 0 Å². The summed E-state index contributed by atoms with van der Waals surface area (Å²) in [6, 6.07) is 0. The Morgan fingerprint density at radius 3 is 1.08 bits per heavy atom. The monoisotopic (exact) mass is 380 g/mol. The second kappa shape index (κ2) is 18.3. The second-order valence-electron chi connectivity index (χ2n) is 2.01. The predicted octanol–water partition coefficient (Wildman–Crippen LogP) is -3.39. The van der Waals surface area contributed by atoms with Crippen LogP contribution in [0.5, 0.6) is 0 Å². The molecule has 0 aliphatic rings. The molecule has 0 aliphatic heterocycles. The van der Waals surface area contributed by atoms with Gasteiger partial charge in [0.05, 0.1) is 19.8 Å². The third-order valence-corrected chi connectivity index (χ3v) is 1.25. The Hall–Kier alpha value is 0.448. The van der Waals surface area contributed by atoms with Crippen LogP contribution in [0.15, 0.2) is 0 Å². The molecule has 7 N–H and O–H groups in total. The van der Waals surface area contributed by atoms with E-state index in [9.17, 15) is 0 Å². The summed E-state index contributed by atoms with van der Waals surface area (Å²) in [4.78, 5) is 1.79. The first-order valence-electron chi connectivity index (χ1n) is 3.40. The zero-order chi connectivity index (χ0) is 7.82. The van der Waals surface area contributed by atoms with Gasteiger partial charge < -0.3 is 26.3 Å².